The number of rotatable bonds is 7. The van der Waals surface area contributed by atoms with Crippen LogP contribution < -0.4 is 21.1 Å². The Labute approximate surface area is 141 Å². The van der Waals surface area contributed by atoms with Gasteiger partial charge in [0.05, 0.1) is 6.61 Å². The number of primary amides is 1. The van der Waals surface area contributed by atoms with Crippen molar-refractivity contribution in [1.82, 2.24) is 5.32 Å². The fraction of sp³-hybridized carbons (Fsp3) is 0.222. The van der Waals surface area contributed by atoms with E-state index in [4.69, 9.17) is 10.5 Å². The van der Waals surface area contributed by atoms with E-state index >= 15 is 0 Å². The van der Waals surface area contributed by atoms with Crippen molar-refractivity contribution in [2.45, 2.75) is 19.9 Å². The molecule has 24 heavy (non-hydrogen) atoms. The van der Waals surface area contributed by atoms with Gasteiger partial charge in [0.25, 0.3) is 5.91 Å². The largest absolute Gasteiger partial charge is 0.494 e. The number of hydrogen-bond donors (Lipinski definition) is 3. The molecule has 2 aromatic rings. The Morgan fingerprint density at radius 3 is 2.67 bits per heavy atom. The fourth-order valence-corrected chi connectivity index (χ4v) is 2.13. The molecule has 6 nitrogen and oxygen atoms in total. The minimum atomic E-state index is -0.670. The average Bonchev–Trinajstić information content (AvgIpc) is 2.58. The zero-order chi connectivity index (χ0) is 17.4. The van der Waals surface area contributed by atoms with E-state index < -0.39 is 6.03 Å². The highest BCUT2D eigenvalue weighted by molar-refractivity contribution is 5.96. The van der Waals surface area contributed by atoms with E-state index in [1.165, 1.54) is 0 Å². The number of hydrogen-bond acceptors (Lipinski definition) is 3. The molecule has 0 saturated carbocycles. The first kappa shape index (κ1) is 17.3. The molecule has 0 atom stereocenters. The first-order valence-electron chi connectivity index (χ1n) is 7.75. The number of carbonyl (C=O) groups is 2. The molecule has 0 spiro atoms. The monoisotopic (exact) mass is 327 g/mol. The van der Waals surface area contributed by atoms with E-state index in [0.717, 1.165) is 17.7 Å². The van der Waals surface area contributed by atoms with E-state index in [0.29, 0.717) is 24.4 Å². The predicted octanol–water partition coefficient (Wildman–Crippen LogP) is 2.90. The number of urea groups is 1. The Bertz CT molecular complexity index is 716. The molecule has 2 rings (SSSR count). The van der Waals surface area contributed by atoms with Crippen LogP contribution in [0.25, 0.3) is 0 Å². The van der Waals surface area contributed by atoms with Crippen LogP contribution in [-0.4, -0.2) is 18.5 Å². The lowest BCUT2D eigenvalue weighted by Gasteiger charge is -2.09. The Kier molecular flexibility index (Phi) is 6.19. The van der Waals surface area contributed by atoms with Gasteiger partial charge in [0.1, 0.15) is 5.75 Å². The smallest absolute Gasteiger partial charge is 0.316 e. The van der Waals surface area contributed by atoms with Crippen LogP contribution in [0.3, 0.4) is 0 Å². The quantitative estimate of drug-likeness (QED) is 0.730. The Morgan fingerprint density at radius 1 is 1.12 bits per heavy atom. The van der Waals surface area contributed by atoms with Gasteiger partial charge in [0, 0.05) is 17.8 Å². The van der Waals surface area contributed by atoms with Gasteiger partial charge in [-0.3, -0.25) is 4.79 Å². The van der Waals surface area contributed by atoms with Crippen LogP contribution in [-0.2, 0) is 6.54 Å². The topological polar surface area (TPSA) is 93.4 Å². The van der Waals surface area contributed by atoms with Gasteiger partial charge in [-0.15, -0.1) is 0 Å². The number of anilines is 1. The number of benzene rings is 2. The van der Waals surface area contributed by atoms with Crippen molar-refractivity contribution in [2.75, 3.05) is 11.9 Å². The summed E-state index contributed by atoms with van der Waals surface area (Å²) < 4.78 is 5.58. The molecule has 0 saturated heterocycles. The first-order valence-corrected chi connectivity index (χ1v) is 7.75. The van der Waals surface area contributed by atoms with Gasteiger partial charge in [0.2, 0.25) is 0 Å². The normalized spacial score (nSPS) is 10.0. The molecule has 0 aromatic heterocycles. The van der Waals surface area contributed by atoms with Gasteiger partial charge in [-0.1, -0.05) is 25.1 Å². The van der Waals surface area contributed by atoms with Crippen molar-refractivity contribution >= 4 is 17.6 Å². The molecule has 0 aliphatic rings. The third-order valence-electron chi connectivity index (χ3n) is 3.22. The molecule has 6 heteroatoms. The second-order valence-corrected chi connectivity index (χ2v) is 5.25. The maximum atomic E-state index is 12.2. The maximum absolute atomic E-state index is 12.2. The van der Waals surface area contributed by atoms with Crippen LogP contribution in [0.2, 0.25) is 0 Å². The van der Waals surface area contributed by atoms with E-state index in [1.807, 2.05) is 31.2 Å². The molecule has 2 aromatic carbocycles. The zero-order valence-electron chi connectivity index (χ0n) is 13.5. The van der Waals surface area contributed by atoms with Crippen LogP contribution >= 0.6 is 0 Å². The van der Waals surface area contributed by atoms with Gasteiger partial charge in [-0.05, 0) is 42.3 Å². The van der Waals surface area contributed by atoms with E-state index in [-0.39, 0.29) is 5.91 Å². The predicted molar refractivity (Wildman–Crippen MR) is 93.0 cm³/mol. The number of amides is 3. The highest BCUT2D eigenvalue weighted by Crippen LogP contribution is 2.14. The standard InChI is InChI=1S/C18H21N3O3/c1-2-9-24-16-8-3-5-13(10-16)12-20-17(22)14-6-4-7-15(11-14)21-18(19)23/h3-8,10-11H,2,9,12H2,1H3,(H,20,22)(H3,19,21,23). The molecule has 0 aliphatic heterocycles. The molecule has 3 amide bonds. The molecule has 126 valence electrons. The minimum Gasteiger partial charge on any atom is -0.494 e. The lowest BCUT2D eigenvalue weighted by atomic mass is 10.1. The molecular formula is C18H21N3O3. The van der Waals surface area contributed by atoms with Crippen molar-refractivity contribution in [3.63, 3.8) is 0 Å². The molecule has 0 fully saturated rings. The summed E-state index contributed by atoms with van der Waals surface area (Å²) in [4.78, 5) is 23.1. The van der Waals surface area contributed by atoms with Crippen LogP contribution in [0, 0.1) is 0 Å². The number of nitrogens with one attached hydrogen (secondary N) is 2. The van der Waals surface area contributed by atoms with Crippen molar-refractivity contribution in [2.24, 2.45) is 5.73 Å². The maximum Gasteiger partial charge on any atom is 0.316 e. The SMILES string of the molecule is CCCOc1cccc(CNC(=O)c2cccc(NC(N)=O)c2)c1. The van der Waals surface area contributed by atoms with Crippen LogP contribution in [0.5, 0.6) is 5.75 Å². The van der Waals surface area contributed by atoms with Crippen LogP contribution in [0.4, 0.5) is 10.5 Å². The molecule has 4 N–H and O–H groups in total. The molecule has 0 unspecified atom stereocenters. The Balaban J connectivity index is 1.96. The van der Waals surface area contributed by atoms with Crippen molar-refractivity contribution in [3.8, 4) is 5.75 Å². The third-order valence-corrected chi connectivity index (χ3v) is 3.22. The van der Waals surface area contributed by atoms with E-state index in [1.54, 1.807) is 24.3 Å². The average molecular weight is 327 g/mol. The molecule has 0 bridgehead atoms. The zero-order valence-corrected chi connectivity index (χ0v) is 13.5. The minimum absolute atomic E-state index is 0.233. The highest BCUT2D eigenvalue weighted by Gasteiger charge is 2.07. The van der Waals surface area contributed by atoms with Gasteiger partial charge in [-0.25, -0.2) is 4.79 Å². The summed E-state index contributed by atoms with van der Waals surface area (Å²) in [5.74, 6) is 0.555. The summed E-state index contributed by atoms with van der Waals surface area (Å²) in [5, 5.41) is 5.28. The Hall–Kier alpha value is -3.02. The molecule has 0 aliphatic carbocycles. The van der Waals surface area contributed by atoms with Crippen molar-refractivity contribution in [3.05, 3.63) is 59.7 Å². The fourth-order valence-electron chi connectivity index (χ4n) is 2.13. The summed E-state index contributed by atoms with van der Waals surface area (Å²) in [6, 6.07) is 13.5. The summed E-state index contributed by atoms with van der Waals surface area (Å²) in [7, 11) is 0. The molecule has 0 radical (unpaired) electrons. The summed E-state index contributed by atoms with van der Waals surface area (Å²) in [6.45, 7) is 3.09. The lowest BCUT2D eigenvalue weighted by Crippen LogP contribution is -2.23. The van der Waals surface area contributed by atoms with Gasteiger partial charge in [0.15, 0.2) is 0 Å². The first-order chi connectivity index (χ1) is 11.6. The highest BCUT2D eigenvalue weighted by atomic mass is 16.5. The van der Waals surface area contributed by atoms with Crippen LogP contribution in [0.15, 0.2) is 48.5 Å². The number of nitrogens with two attached hydrogens (primary N) is 1. The lowest BCUT2D eigenvalue weighted by molar-refractivity contribution is 0.0951. The molecule has 0 heterocycles. The van der Waals surface area contributed by atoms with E-state index in [9.17, 15) is 9.59 Å². The summed E-state index contributed by atoms with van der Waals surface area (Å²) in [5.41, 5.74) is 6.94. The summed E-state index contributed by atoms with van der Waals surface area (Å²) in [6.07, 6.45) is 0.941. The van der Waals surface area contributed by atoms with Crippen molar-refractivity contribution < 1.29 is 14.3 Å². The third kappa shape index (κ3) is 5.31. The van der Waals surface area contributed by atoms with Crippen molar-refractivity contribution in [1.29, 1.82) is 0 Å². The van der Waals surface area contributed by atoms with Crippen LogP contribution in [0.1, 0.15) is 29.3 Å². The second kappa shape index (κ2) is 8.57. The Morgan fingerprint density at radius 2 is 1.92 bits per heavy atom. The van der Waals surface area contributed by atoms with Gasteiger partial charge >= 0.3 is 6.03 Å². The van der Waals surface area contributed by atoms with Gasteiger partial charge in [-0.2, -0.15) is 0 Å². The number of carbonyl (C=O) groups excluding carboxylic acids is 2. The molecular weight excluding hydrogens is 306 g/mol. The van der Waals surface area contributed by atoms with E-state index in [2.05, 4.69) is 10.6 Å². The number of ether oxygens (including phenoxy) is 1. The summed E-state index contributed by atoms with van der Waals surface area (Å²) >= 11 is 0. The second-order valence-electron chi connectivity index (χ2n) is 5.25. The van der Waals surface area contributed by atoms with Gasteiger partial charge < -0.3 is 21.1 Å².